The number of ether oxygens (including phenoxy) is 1. The molecule has 1 aromatic carbocycles. The van der Waals surface area contributed by atoms with Crippen LogP contribution in [0.2, 0.25) is 0 Å². The van der Waals surface area contributed by atoms with Crippen LogP contribution < -0.4 is 4.74 Å². The second-order valence-electron chi connectivity index (χ2n) is 4.20. The van der Waals surface area contributed by atoms with Gasteiger partial charge in [0, 0.05) is 16.7 Å². The van der Waals surface area contributed by atoms with Gasteiger partial charge in [-0.1, -0.05) is 18.2 Å². The van der Waals surface area contributed by atoms with Crippen molar-refractivity contribution in [1.82, 2.24) is 4.98 Å². The molecule has 0 spiro atoms. The summed E-state index contributed by atoms with van der Waals surface area (Å²) in [4.78, 5) is 5.53. The molecule has 0 aliphatic carbocycles. The molecular formula is C15H17NO2S. The summed E-state index contributed by atoms with van der Waals surface area (Å²) in [5.41, 5.74) is 1.92. The highest BCUT2D eigenvalue weighted by atomic mass is 32.2. The number of pyridine rings is 1. The van der Waals surface area contributed by atoms with Gasteiger partial charge in [0.15, 0.2) is 0 Å². The lowest BCUT2D eigenvalue weighted by molar-refractivity contribution is 0.199. The van der Waals surface area contributed by atoms with Gasteiger partial charge in [0.05, 0.1) is 18.9 Å². The molecule has 0 saturated carbocycles. The molecule has 1 unspecified atom stereocenters. The molecule has 19 heavy (non-hydrogen) atoms. The first kappa shape index (κ1) is 13.9. The molecule has 4 heteroatoms. The van der Waals surface area contributed by atoms with E-state index in [-0.39, 0.29) is 0 Å². The number of aromatic nitrogens is 1. The van der Waals surface area contributed by atoms with E-state index in [0.29, 0.717) is 5.88 Å². The summed E-state index contributed by atoms with van der Waals surface area (Å²) in [5, 5.41) is 9.45. The first-order valence-electron chi connectivity index (χ1n) is 6.10. The number of hydrogen-bond acceptors (Lipinski definition) is 4. The number of benzene rings is 1. The summed E-state index contributed by atoms with van der Waals surface area (Å²) in [6.07, 6.45) is -0.417. The minimum absolute atomic E-state index is 0.417. The van der Waals surface area contributed by atoms with Crippen LogP contribution >= 0.6 is 11.8 Å². The van der Waals surface area contributed by atoms with Crippen molar-refractivity contribution in [3.63, 3.8) is 0 Å². The van der Waals surface area contributed by atoms with Gasteiger partial charge in [-0.25, -0.2) is 4.98 Å². The van der Waals surface area contributed by atoms with Crippen LogP contribution in [0.15, 0.2) is 47.4 Å². The smallest absolute Gasteiger partial charge is 0.213 e. The second-order valence-corrected chi connectivity index (χ2v) is 5.25. The highest BCUT2D eigenvalue weighted by Crippen LogP contribution is 2.24. The fourth-order valence-corrected chi connectivity index (χ4v) is 2.46. The van der Waals surface area contributed by atoms with E-state index in [1.54, 1.807) is 25.8 Å². The van der Waals surface area contributed by atoms with Gasteiger partial charge < -0.3 is 9.84 Å². The number of hydrogen-bond donors (Lipinski definition) is 1. The number of aliphatic hydroxyl groups excluding tert-OH is 1. The lowest BCUT2D eigenvalue weighted by Gasteiger charge is -2.06. The zero-order valence-electron chi connectivity index (χ0n) is 11.0. The number of thioether (sulfide) groups is 1. The van der Waals surface area contributed by atoms with Crippen molar-refractivity contribution in [2.45, 2.75) is 23.7 Å². The van der Waals surface area contributed by atoms with Gasteiger partial charge in [-0.15, -0.1) is 11.8 Å². The Hall–Kier alpha value is -1.52. The second kappa shape index (κ2) is 6.59. The van der Waals surface area contributed by atoms with Crippen molar-refractivity contribution in [3.05, 3.63) is 53.7 Å². The SMILES string of the molecule is COc1cccc(CSc2ccc(C(C)O)cc2)n1. The third-order valence-electron chi connectivity index (χ3n) is 2.74. The number of rotatable bonds is 5. The van der Waals surface area contributed by atoms with Gasteiger partial charge >= 0.3 is 0 Å². The van der Waals surface area contributed by atoms with E-state index >= 15 is 0 Å². The molecule has 0 aliphatic heterocycles. The number of methoxy groups -OCH3 is 1. The van der Waals surface area contributed by atoms with E-state index in [0.717, 1.165) is 21.9 Å². The Labute approximate surface area is 117 Å². The molecule has 1 N–H and O–H groups in total. The number of nitrogens with zero attached hydrogens (tertiary/aromatic N) is 1. The normalized spacial score (nSPS) is 12.2. The molecule has 0 bridgehead atoms. The number of aliphatic hydroxyl groups is 1. The summed E-state index contributed by atoms with van der Waals surface area (Å²) >= 11 is 1.71. The standard InChI is InChI=1S/C15H17NO2S/c1-11(17)12-6-8-14(9-7-12)19-10-13-4-3-5-15(16-13)18-2/h3-9,11,17H,10H2,1-2H3. The third kappa shape index (κ3) is 3.98. The van der Waals surface area contributed by atoms with E-state index in [4.69, 9.17) is 4.74 Å². The zero-order chi connectivity index (χ0) is 13.7. The van der Waals surface area contributed by atoms with Gasteiger partial charge in [-0.05, 0) is 30.7 Å². The molecule has 2 aromatic rings. The Morgan fingerprint density at radius 1 is 1.21 bits per heavy atom. The zero-order valence-corrected chi connectivity index (χ0v) is 11.9. The van der Waals surface area contributed by atoms with Crippen LogP contribution in [0, 0.1) is 0 Å². The molecule has 0 fully saturated rings. The van der Waals surface area contributed by atoms with Crippen molar-refractivity contribution in [3.8, 4) is 5.88 Å². The lowest BCUT2D eigenvalue weighted by Crippen LogP contribution is -1.92. The van der Waals surface area contributed by atoms with Gasteiger partial charge in [-0.3, -0.25) is 0 Å². The first-order chi connectivity index (χ1) is 9.19. The molecule has 0 amide bonds. The van der Waals surface area contributed by atoms with Gasteiger partial charge in [-0.2, -0.15) is 0 Å². The topological polar surface area (TPSA) is 42.4 Å². The summed E-state index contributed by atoms with van der Waals surface area (Å²) in [6.45, 7) is 1.77. The van der Waals surface area contributed by atoms with Crippen LogP contribution in [0.3, 0.4) is 0 Å². The fourth-order valence-electron chi connectivity index (χ4n) is 1.65. The fraction of sp³-hybridized carbons (Fsp3) is 0.267. The summed E-state index contributed by atoms with van der Waals surface area (Å²) < 4.78 is 5.10. The minimum Gasteiger partial charge on any atom is -0.481 e. The largest absolute Gasteiger partial charge is 0.481 e. The van der Waals surface area contributed by atoms with Crippen molar-refractivity contribution in [1.29, 1.82) is 0 Å². The molecule has 1 atom stereocenters. The average molecular weight is 275 g/mol. The molecule has 100 valence electrons. The van der Waals surface area contributed by atoms with Gasteiger partial charge in [0.25, 0.3) is 0 Å². The summed E-state index contributed by atoms with van der Waals surface area (Å²) in [5.74, 6) is 1.44. The van der Waals surface area contributed by atoms with Crippen LogP contribution in [0.5, 0.6) is 5.88 Å². The minimum atomic E-state index is -0.417. The molecular weight excluding hydrogens is 258 g/mol. The maximum atomic E-state index is 9.45. The summed E-state index contributed by atoms with van der Waals surface area (Å²) in [6, 6.07) is 13.7. The van der Waals surface area contributed by atoms with E-state index in [1.807, 2.05) is 42.5 Å². The van der Waals surface area contributed by atoms with Crippen LogP contribution in [0.25, 0.3) is 0 Å². The molecule has 0 aliphatic rings. The maximum Gasteiger partial charge on any atom is 0.213 e. The molecule has 0 saturated heterocycles. The van der Waals surface area contributed by atoms with Crippen molar-refractivity contribution < 1.29 is 9.84 Å². The Morgan fingerprint density at radius 3 is 2.58 bits per heavy atom. The quantitative estimate of drug-likeness (QED) is 0.849. The van der Waals surface area contributed by atoms with Crippen LogP contribution in [-0.2, 0) is 5.75 Å². The summed E-state index contributed by atoms with van der Waals surface area (Å²) in [7, 11) is 1.62. The van der Waals surface area contributed by atoms with E-state index in [9.17, 15) is 5.11 Å². The monoisotopic (exact) mass is 275 g/mol. The van der Waals surface area contributed by atoms with E-state index in [1.165, 1.54) is 0 Å². The molecule has 2 rings (SSSR count). The Bertz CT molecular complexity index is 526. The highest BCUT2D eigenvalue weighted by molar-refractivity contribution is 7.98. The van der Waals surface area contributed by atoms with Gasteiger partial charge in [0.1, 0.15) is 0 Å². The molecule has 0 radical (unpaired) electrons. The van der Waals surface area contributed by atoms with Gasteiger partial charge in [0.2, 0.25) is 5.88 Å². The van der Waals surface area contributed by atoms with E-state index < -0.39 is 6.10 Å². The van der Waals surface area contributed by atoms with Crippen LogP contribution in [-0.4, -0.2) is 17.2 Å². The molecule has 1 aromatic heterocycles. The predicted octanol–water partition coefficient (Wildman–Crippen LogP) is 3.44. The van der Waals surface area contributed by atoms with Crippen molar-refractivity contribution >= 4 is 11.8 Å². The Morgan fingerprint density at radius 2 is 1.95 bits per heavy atom. The van der Waals surface area contributed by atoms with Crippen LogP contribution in [0.1, 0.15) is 24.3 Å². The van der Waals surface area contributed by atoms with Crippen LogP contribution in [0.4, 0.5) is 0 Å². The highest BCUT2D eigenvalue weighted by Gasteiger charge is 2.02. The molecule has 1 heterocycles. The average Bonchev–Trinajstić information content (AvgIpc) is 2.46. The lowest BCUT2D eigenvalue weighted by atomic mass is 10.1. The van der Waals surface area contributed by atoms with Crippen molar-refractivity contribution in [2.24, 2.45) is 0 Å². The predicted molar refractivity (Wildman–Crippen MR) is 77.4 cm³/mol. The third-order valence-corrected chi connectivity index (χ3v) is 3.79. The maximum absolute atomic E-state index is 9.45. The molecule has 3 nitrogen and oxygen atoms in total. The Balaban J connectivity index is 1.98. The Kier molecular flexibility index (Phi) is 4.82. The van der Waals surface area contributed by atoms with E-state index in [2.05, 4.69) is 4.98 Å². The first-order valence-corrected chi connectivity index (χ1v) is 7.08. The van der Waals surface area contributed by atoms with Crippen molar-refractivity contribution in [2.75, 3.05) is 7.11 Å².